The van der Waals surface area contributed by atoms with Crippen LogP contribution in [0.1, 0.15) is 18.9 Å². The Bertz CT molecular complexity index is 856. The Hall–Kier alpha value is -2.46. The molecule has 3 aromatic rings. The molecule has 0 amide bonds. The van der Waals surface area contributed by atoms with Crippen LogP contribution < -0.4 is 5.32 Å². The Morgan fingerprint density at radius 2 is 2.22 bits per heavy atom. The summed E-state index contributed by atoms with van der Waals surface area (Å²) < 4.78 is 0. The topological polar surface area (TPSA) is 53.6 Å². The van der Waals surface area contributed by atoms with Crippen LogP contribution in [0.2, 0.25) is 0 Å². The van der Waals surface area contributed by atoms with E-state index in [0.29, 0.717) is 0 Å². The highest BCUT2D eigenvalue weighted by molar-refractivity contribution is 5.92. The lowest BCUT2D eigenvalue weighted by Crippen LogP contribution is -2.26. The highest BCUT2D eigenvalue weighted by atomic mass is 15.1. The summed E-state index contributed by atoms with van der Waals surface area (Å²) in [4.78, 5) is 4.33. The third kappa shape index (κ3) is 2.35. The van der Waals surface area contributed by atoms with Crippen LogP contribution in [0.15, 0.2) is 54.9 Å². The molecule has 23 heavy (non-hydrogen) atoms. The van der Waals surface area contributed by atoms with E-state index < -0.39 is 0 Å². The number of nitrogens with one attached hydrogen (secondary N) is 2. The van der Waals surface area contributed by atoms with Crippen LogP contribution in [0, 0.1) is 0 Å². The normalized spacial score (nSPS) is 21.4. The first-order chi connectivity index (χ1) is 11.3. The SMILES string of the molecule is CC=CC1(c2cccc(-c3ccnc4[nH]ncc34)c2)CCNC1. The molecule has 116 valence electrons. The summed E-state index contributed by atoms with van der Waals surface area (Å²) in [5, 5.41) is 11.6. The van der Waals surface area contributed by atoms with Crippen molar-refractivity contribution in [2.45, 2.75) is 18.8 Å². The molecular formula is C19H20N4. The minimum absolute atomic E-state index is 0.104. The minimum atomic E-state index is 0.104. The standard InChI is InChI=1S/C19H20N4/c1-2-7-19(8-10-20-13-19)15-5-3-4-14(11-15)16-6-9-21-18-17(16)12-22-23-18/h2-7,9,11-12,20H,8,10,13H2,1H3,(H,21,22,23). The van der Waals surface area contributed by atoms with Gasteiger partial charge in [0.2, 0.25) is 0 Å². The van der Waals surface area contributed by atoms with Crippen LogP contribution in [0.25, 0.3) is 22.2 Å². The summed E-state index contributed by atoms with van der Waals surface area (Å²) in [6, 6.07) is 10.9. The van der Waals surface area contributed by atoms with E-state index in [2.05, 4.69) is 69.9 Å². The molecule has 1 aromatic carbocycles. The first kappa shape index (κ1) is 14.2. The second kappa shape index (κ2) is 5.63. The van der Waals surface area contributed by atoms with E-state index in [1.807, 2.05) is 12.4 Å². The van der Waals surface area contributed by atoms with Crippen molar-refractivity contribution in [1.82, 2.24) is 20.5 Å². The largest absolute Gasteiger partial charge is 0.315 e. The summed E-state index contributed by atoms with van der Waals surface area (Å²) in [6.07, 6.45) is 9.33. The Kier molecular flexibility index (Phi) is 3.46. The fraction of sp³-hybridized carbons (Fsp3) is 0.263. The molecule has 1 aliphatic heterocycles. The lowest BCUT2D eigenvalue weighted by atomic mass is 9.78. The predicted octanol–water partition coefficient (Wildman–Crippen LogP) is 3.43. The van der Waals surface area contributed by atoms with Crippen LogP contribution >= 0.6 is 0 Å². The molecule has 2 aromatic heterocycles. The number of aromatic nitrogens is 3. The second-order valence-electron chi connectivity index (χ2n) is 6.15. The van der Waals surface area contributed by atoms with Gasteiger partial charge in [0.05, 0.1) is 6.20 Å². The summed E-state index contributed by atoms with van der Waals surface area (Å²) >= 11 is 0. The second-order valence-corrected chi connectivity index (χ2v) is 6.15. The highest BCUT2D eigenvalue weighted by Crippen LogP contribution is 2.35. The summed E-state index contributed by atoms with van der Waals surface area (Å²) in [5.74, 6) is 0. The minimum Gasteiger partial charge on any atom is -0.315 e. The molecule has 4 heteroatoms. The van der Waals surface area contributed by atoms with Gasteiger partial charge in [-0.15, -0.1) is 0 Å². The number of hydrogen-bond donors (Lipinski definition) is 2. The number of pyridine rings is 1. The first-order valence-corrected chi connectivity index (χ1v) is 8.06. The summed E-state index contributed by atoms with van der Waals surface area (Å²) in [5.41, 5.74) is 4.69. The fourth-order valence-electron chi connectivity index (χ4n) is 3.61. The van der Waals surface area contributed by atoms with E-state index in [9.17, 15) is 0 Å². The van der Waals surface area contributed by atoms with E-state index in [1.165, 1.54) is 16.7 Å². The van der Waals surface area contributed by atoms with Gasteiger partial charge < -0.3 is 5.32 Å². The van der Waals surface area contributed by atoms with Gasteiger partial charge in [0.1, 0.15) is 0 Å². The molecule has 1 aliphatic rings. The fourth-order valence-corrected chi connectivity index (χ4v) is 3.61. The molecule has 0 radical (unpaired) electrons. The van der Waals surface area contributed by atoms with Crippen molar-refractivity contribution >= 4 is 11.0 Å². The van der Waals surface area contributed by atoms with Crippen molar-refractivity contribution in [2.24, 2.45) is 0 Å². The van der Waals surface area contributed by atoms with Gasteiger partial charge in [-0.05, 0) is 42.6 Å². The number of benzene rings is 1. The molecule has 1 unspecified atom stereocenters. The van der Waals surface area contributed by atoms with Crippen molar-refractivity contribution < 1.29 is 0 Å². The van der Waals surface area contributed by atoms with Gasteiger partial charge in [0.15, 0.2) is 5.65 Å². The van der Waals surface area contributed by atoms with Crippen LogP contribution in [-0.4, -0.2) is 28.3 Å². The maximum absolute atomic E-state index is 4.33. The molecule has 0 aliphatic carbocycles. The Morgan fingerprint density at radius 3 is 3.04 bits per heavy atom. The lowest BCUT2D eigenvalue weighted by molar-refractivity contribution is 0.594. The van der Waals surface area contributed by atoms with E-state index >= 15 is 0 Å². The molecule has 0 spiro atoms. The number of nitrogens with zero attached hydrogens (tertiary/aromatic N) is 2. The van der Waals surface area contributed by atoms with Crippen molar-refractivity contribution in [3.8, 4) is 11.1 Å². The number of allylic oxidation sites excluding steroid dienone is 1. The number of hydrogen-bond acceptors (Lipinski definition) is 3. The van der Waals surface area contributed by atoms with E-state index in [0.717, 1.165) is 30.5 Å². The van der Waals surface area contributed by atoms with Gasteiger partial charge in [0.25, 0.3) is 0 Å². The van der Waals surface area contributed by atoms with Crippen LogP contribution in [0.3, 0.4) is 0 Å². The smallest absolute Gasteiger partial charge is 0.155 e. The molecule has 4 rings (SSSR count). The summed E-state index contributed by atoms with van der Waals surface area (Å²) in [7, 11) is 0. The molecule has 0 bridgehead atoms. The van der Waals surface area contributed by atoms with Crippen molar-refractivity contribution in [3.05, 3.63) is 60.4 Å². The number of rotatable bonds is 3. The highest BCUT2D eigenvalue weighted by Gasteiger charge is 2.32. The van der Waals surface area contributed by atoms with Crippen molar-refractivity contribution in [2.75, 3.05) is 13.1 Å². The first-order valence-electron chi connectivity index (χ1n) is 8.06. The quantitative estimate of drug-likeness (QED) is 0.729. The lowest BCUT2D eigenvalue weighted by Gasteiger charge is -2.25. The molecular weight excluding hydrogens is 284 g/mol. The summed E-state index contributed by atoms with van der Waals surface area (Å²) in [6.45, 7) is 4.16. The third-order valence-electron chi connectivity index (χ3n) is 4.78. The monoisotopic (exact) mass is 304 g/mol. The van der Waals surface area contributed by atoms with Gasteiger partial charge in [-0.2, -0.15) is 5.10 Å². The Balaban J connectivity index is 1.84. The van der Waals surface area contributed by atoms with Crippen molar-refractivity contribution in [1.29, 1.82) is 0 Å². The number of fused-ring (bicyclic) bond motifs is 1. The molecule has 0 saturated carbocycles. The zero-order chi connectivity index (χ0) is 15.7. The van der Waals surface area contributed by atoms with Crippen LogP contribution in [-0.2, 0) is 5.41 Å². The van der Waals surface area contributed by atoms with E-state index in [4.69, 9.17) is 0 Å². The van der Waals surface area contributed by atoms with Gasteiger partial charge in [0, 0.05) is 23.5 Å². The maximum atomic E-state index is 4.33. The Labute approximate surface area is 135 Å². The molecule has 4 nitrogen and oxygen atoms in total. The molecule has 3 heterocycles. The molecule has 1 fully saturated rings. The molecule has 2 N–H and O–H groups in total. The average Bonchev–Trinajstić information content (AvgIpc) is 3.24. The maximum Gasteiger partial charge on any atom is 0.155 e. The zero-order valence-corrected chi connectivity index (χ0v) is 13.2. The average molecular weight is 304 g/mol. The van der Waals surface area contributed by atoms with Gasteiger partial charge in [-0.25, -0.2) is 4.98 Å². The predicted molar refractivity (Wildman–Crippen MR) is 93.3 cm³/mol. The zero-order valence-electron chi connectivity index (χ0n) is 13.2. The van der Waals surface area contributed by atoms with Crippen LogP contribution in [0.4, 0.5) is 0 Å². The molecule has 1 saturated heterocycles. The van der Waals surface area contributed by atoms with E-state index in [1.54, 1.807) is 0 Å². The van der Waals surface area contributed by atoms with Crippen LogP contribution in [0.5, 0.6) is 0 Å². The van der Waals surface area contributed by atoms with Gasteiger partial charge in [-0.1, -0.05) is 36.4 Å². The molecule has 1 atom stereocenters. The number of H-pyrrole nitrogens is 1. The Morgan fingerprint density at radius 1 is 1.26 bits per heavy atom. The van der Waals surface area contributed by atoms with E-state index in [-0.39, 0.29) is 5.41 Å². The van der Waals surface area contributed by atoms with Gasteiger partial charge in [-0.3, -0.25) is 5.10 Å². The third-order valence-corrected chi connectivity index (χ3v) is 4.78. The number of aromatic amines is 1. The van der Waals surface area contributed by atoms with Crippen molar-refractivity contribution in [3.63, 3.8) is 0 Å². The van der Waals surface area contributed by atoms with Gasteiger partial charge >= 0.3 is 0 Å².